The zero-order valence-corrected chi connectivity index (χ0v) is 29.0. The van der Waals surface area contributed by atoms with Crippen molar-refractivity contribution in [2.75, 3.05) is 43.0 Å². The van der Waals surface area contributed by atoms with Crippen LogP contribution in [0.25, 0.3) is 28.0 Å². The molecule has 5 heterocycles. The van der Waals surface area contributed by atoms with Crippen molar-refractivity contribution in [2.45, 2.75) is 45.7 Å². The lowest BCUT2D eigenvalue weighted by molar-refractivity contribution is -0.130. The number of hydrogen-bond donors (Lipinski definition) is 1. The van der Waals surface area contributed by atoms with E-state index < -0.39 is 35.1 Å². The normalized spacial score (nSPS) is 17.2. The summed E-state index contributed by atoms with van der Waals surface area (Å²) < 4.78 is 16.7. The van der Waals surface area contributed by atoms with Gasteiger partial charge in [0.1, 0.15) is 23.3 Å². The molecule has 50 heavy (non-hydrogen) atoms. The highest BCUT2D eigenvalue weighted by Gasteiger charge is 2.47. The first-order chi connectivity index (χ1) is 23.8. The molecule has 260 valence electrons. The van der Waals surface area contributed by atoms with Gasteiger partial charge in [-0.2, -0.15) is 0 Å². The minimum absolute atomic E-state index is 0.00173. The van der Waals surface area contributed by atoms with Gasteiger partial charge < -0.3 is 19.8 Å². The van der Waals surface area contributed by atoms with Gasteiger partial charge in [0.25, 0.3) is 11.5 Å². The van der Waals surface area contributed by atoms with Gasteiger partial charge >= 0.3 is 0 Å². The molecule has 15 heteroatoms. The van der Waals surface area contributed by atoms with Crippen LogP contribution in [0.4, 0.5) is 15.8 Å². The number of nitrogens with zero attached hydrogens (tertiary/aromatic N) is 8. The van der Waals surface area contributed by atoms with Gasteiger partial charge in [-0.25, -0.2) is 9.37 Å². The summed E-state index contributed by atoms with van der Waals surface area (Å²) in [4.78, 5) is 68.0. The van der Waals surface area contributed by atoms with E-state index in [0.29, 0.717) is 28.0 Å². The second-order valence-corrected chi connectivity index (χ2v) is 13.2. The van der Waals surface area contributed by atoms with E-state index >= 15 is 9.18 Å². The minimum Gasteiger partial charge on any atom is -0.507 e. The zero-order valence-electron chi connectivity index (χ0n) is 28.2. The number of carbonyl (C=O) groups is 2. The van der Waals surface area contributed by atoms with Crippen molar-refractivity contribution in [3.05, 3.63) is 86.5 Å². The fraction of sp³-hybridized carbons (Fsp3) is 0.343. The third-order valence-corrected chi connectivity index (χ3v) is 9.59. The molecular weight excluding hydrogens is 667 g/mol. The highest BCUT2D eigenvalue weighted by atomic mass is 35.5. The van der Waals surface area contributed by atoms with Gasteiger partial charge in [0.2, 0.25) is 5.91 Å². The number of amides is 2. The Labute approximate surface area is 292 Å². The zero-order chi connectivity index (χ0) is 36.2. The Morgan fingerprint density at radius 1 is 1.22 bits per heavy atom. The smallest absolute Gasteiger partial charge is 0.283 e. The van der Waals surface area contributed by atoms with Crippen LogP contribution < -0.4 is 15.4 Å². The Morgan fingerprint density at radius 2 is 1.96 bits per heavy atom. The third-order valence-electron chi connectivity index (χ3n) is 9.30. The molecule has 4 aromatic rings. The van der Waals surface area contributed by atoms with Crippen molar-refractivity contribution in [1.29, 1.82) is 0 Å². The Balaban J connectivity index is 1.77. The number of hydrogen-bond acceptors (Lipinski definition) is 9. The summed E-state index contributed by atoms with van der Waals surface area (Å²) in [5.41, 5.74) is 1.18. The molecule has 2 aliphatic rings. The molecule has 0 saturated carbocycles. The Morgan fingerprint density at radius 3 is 2.62 bits per heavy atom. The number of likely N-dealkylation sites (N-methyl/N-ethyl adjacent to an activating group) is 1. The van der Waals surface area contributed by atoms with E-state index in [1.165, 1.54) is 40.8 Å². The first-order valence-corrected chi connectivity index (χ1v) is 16.5. The number of pyridine rings is 3. The molecule has 13 nitrogen and oxygen atoms in total. The predicted octanol–water partition coefficient (Wildman–Crippen LogP) is 4.93. The van der Waals surface area contributed by atoms with Crippen molar-refractivity contribution >= 4 is 45.8 Å². The lowest BCUT2D eigenvalue weighted by atomic mass is 9.97. The SMILES string of the molecule is C=CC(=O)N1C[C@@H]2C(=O)N(CCN(C)N=O)c3c(c4cc(Cl)c(-c5c(O)cccc5F)nc4n(-c4c(C)ccnc4C(C)C)c3=O)N2C[C@H]1C. The van der Waals surface area contributed by atoms with Gasteiger partial charge in [-0.3, -0.25) is 28.9 Å². The first-order valence-electron chi connectivity index (χ1n) is 16.1. The minimum atomic E-state index is -0.920. The summed E-state index contributed by atoms with van der Waals surface area (Å²) in [5.74, 6) is -2.12. The van der Waals surface area contributed by atoms with E-state index in [2.05, 4.69) is 16.8 Å². The number of piperazine rings is 1. The molecule has 0 radical (unpaired) electrons. The molecule has 0 bridgehead atoms. The van der Waals surface area contributed by atoms with Gasteiger partial charge in [0.05, 0.1) is 51.7 Å². The first kappa shape index (κ1) is 34.5. The fourth-order valence-corrected chi connectivity index (χ4v) is 7.11. The summed E-state index contributed by atoms with van der Waals surface area (Å²) >= 11 is 6.89. The molecule has 1 saturated heterocycles. The molecule has 1 fully saturated rings. The average Bonchev–Trinajstić information content (AvgIpc) is 3.08. The molecule has 1 aromatic carbocycles. The molecule has 0 aliphatic carbocycles. The fourth-order valence-electron chi connectivity index (χ4n) is 6.86. The molecule has 0 spiro atoms. The number of aromatic hydroxyl groups is 1. The van der Waals surface area contributed by atoms with E-state index in [4.69, 9.17) is 16.6 Å². The van der Waals surface area contributed by atoms with Crippen molar-refractivity contribution in [3.8, 4) is 22.7 Å². The molecule has 6 rings (SSSR count). The number of phenolic OH excluding ortho intramolecular Hbond substituents is 1. The van der Waals surface area contributed by atoms with Crippen LogP contribution in [0.15, 0.2) is 59.3 Å². The average molecular weight is 703 g/mol. The van der Waals surface area contributed by atoms with Crippen LogP contribution in [0.1, 0.15) is 37.9 Å². The Hall–Kier alpha value is -5.37. The maximum absolute atomic E-state index is 15.3. The van der Waals surface area contributed by atoms with Crippen LogP contribution >= 0.6 is 11.6 Å². The number of anilines is 2. The lowest BCUT2D eigenvalue weighted by Gasteiger charge is -2.50. The molecule has 2 aliphatic heterocycles. The van der Waals surface area contributed by atoms with Gasteiger partial charge in [-0.1, -0.05) is 38.1 Å². The van der Waals surface area contributed by atoms with Gasteiger partial charge in [-0.15, -0.1) is 4.91 Å². The monoisotopic (exact) mass is 702 g/mol. The van der Waals surface area contributed by atoms with E-state index in [0.717, 1.165) is 5.01 Å². The largest absolute Gasteiger partial charge is 0.507 e. The highest BCUT2D eigenvalue weighted by Crippen LogP contribution is 2.45. The van der Waals surface area contributed by atoms with Crippen molar-refractivity contribution in [2.24, 2.45) is 5.29 Å². The van der Waals surface area contributed by atoms with Crippen LogP contribution in [0.2, 0.25) is 5.02 Å². The van der Waals surface area contributed by atoms with Crippen molar-refractivity contribution < 1.29 is 19.1 Å². The third kappa shape index (κ3) is 5.53. The standard InChI is InChI=1S/C35H36ClFN8O5/c1-7-26(47)43-17-24-34(48)42(14-13-41(6)40-50)32-31(44(24)16-20(43)5)21-15-22(36)29(27-23(37)9-8-10-25(27)46)39-33(21)45(35(32)49)30-19(4)11-12-38-28(30)18(2)3/h7-12,15,18,20,24,46H,1,13-14,16-17H2,2-6H3/t20-,24-/m1/s1. The Kier molecular flexibility index (Phi) is 9.08. The number of phenols is 1. The van der Waals surface area contributed by atoms with Gasteiger partial charge in [0, 0.05) is 37.8 Å². The molecular formula is C35H36ClFN8O5. The number of benzene rings is 1. The van der Waals surface area contributed by atoms with E-state index in [1.54, 1.807) is 28.1 Å². The number of rotatable bonds is 8. The molecule has 2 atom stereocenters. The van der Waals surface area contributed by atoms with Gasteiger partial charge in [0.15, 0.2) is 5.65 Å². The van der Waals surface area contributed by atoms with E-state index in [1.807, 2.05) is 27.7 Å². The Bertz CT molecular complexity index is 2120. The maximum Gasteiger partial charge on any atom is 0.283 e. The van der Waals surface area contributed by atoms with Crippen molar-refractivity contribution in [1.82, 2.24) is 24.4 Å². The summed E-state index contributed by atoms with van der Waals surface area (Å²) in [6.45, 7) is 11.2. The highest BCUT2D eigenvalue weighted by molar-refractivity contribution is 6.34. The number of carbonyl (C=O) groups excluding carboxylic acids is 2. The van der Waals surface area contributed by atoms with E-state index in [9.17, 15) is 19.6 Å². The van der Waals surface area contributed by atoms with Crippen LogP contribution in [0, 0.1) is 17.6 Å². The summed E-state index contributed by atoms with van der Waals surface area (Å²) in [6.07, 6.45) is 2.83. The molecule has 2 amide bonds. The number of aromatic nitrogens is 3. The van der Waals surface area contributed by atoms with Crippen molar-refractivity contribution in [3.63, 3.8) is 0 Å². The predicted molar refractivity (Wildman–Crippen MR) is 189 cm³/mol. The molecule has 3 aromatic heterocycles. The van der Waals surface area contributed by atoms with Crippen LogP contribution in [0.3, 0.4) is 0 Å². The molecule has 0 unspecified atom stereocenters. The summed E-state index contributed by atoms with van der Waals surface area (Å²) in [7, 11) is 1.46. The van der Waals surface area contributed by atoms with Gasteiger partial charge in [-0.05, 0) is 55.7 Å². The summed E-state index contributed by atoms with van der Waals surface area (Å²) in [6, 6.07) is 5.83. The quantitative estimate of drug-likeness (QED) is 0.154. The lowest BCUT2D eigenvalue weighted by Crippen LogP contribution is -2.67. The second kappa shape index (κ2) is 13.2. The number of nitroso groups, excluding NO2 is 1. The van der Waals surface area contributed by atoms with Crippen LogP contribution in [0.5, 0.6) is 5.75 Å². The van der Waals surface area contributed by atoms with E-state index in [-0.39, 0.29) is 65.6 Å². The van der Waals surface area contributed by atoms with Crippen LogP contribution in [-0.4, -0.2) is 86.7 Å². The number of fused-ring (bicyclic) bond motifs is 5. The number of halogens is 2. The maximum atomic E-state index is 15.3. The second-order valence-electron chi connectivity index (χ2n) is 12.8. The topological polar surface area (TPSA) is 145 Å². The number of aryl methyl sites for hydroxylation is 1. The summed E-state index contributed by atoms with van der Waals surface area (Å²) in [5, 5.41) is 15.2. The van der Waals surface area contributed by atoms with Crippen LogP contribution in [-0.2, 0) is 9.59 Å². The molecule has 1 N–H and O–H groups in total.